The summed E-state index contributed by atoms with van der Waals surface area (Å²) in [7, 11) is 0. The van der Waals surface area contributed by atoms with Gasteiger partial charge in [0.05, 0.1) is 22.1 Å². The number of aromatic amines is 2. The molecule has 35 heavy (non-hydrogen) atoms. The second-order valence-electron chi connectivity index (χ2n) is 8.75. The lowest BCUT2D eigenvalue weighted by atomic mass is 10.0. The number of benzene rings is 2. The molecule has 0 aliphatic carbocycles. The highest BCUT2D eigenvalue weighted by Gasteiger charge is 2.16. The fourth-order valence-corrected chi connectivity index (χ4v) is 4.26. The molecular weight excluding hydrogens is 441 g/mol. The molecule has 0 aliphatic rings. The number of nitrogens with zero attached hydrogens (tertiary/aromatic N) is 4. The Balaban J connectivity index is 1.44. The molecule has 8 heteroatoms. The van der Waals surface area contributed by atoms with Crippen molar-refractivity contribution in [3.63, 3.8) is 0 Å². The van der Waals surface area contributed by atoms with Gasteiger partial charge in [0.25, 0.3) is 0 Å². The number of para-hydroxylation sites is 1. The van der Waals surface area contributed by atoms with Crippen molar-refractivity contribution in [3.8, 4) is 33.8 Å². The Morgan fingerprint density at radius 1 is 0.914 bits per heavy atom. The molecular formula is C27H22FN7. The number of halogens is 1. The molecule has 7 nitrogen and oxygen atoms in total. The first-order valence-electron chi connectivity index (χ1n) is 11.4. The number of hydrogen-bond donors (Lipinski definition) is 3. The highest BCUT2D eigenvalue weighted by atomic mass is 19.1. The quantitative estimate of drug-likeness (QED) is 0.283. The van der Waals surface area contributed by atoms with Crippen LogP contribution in [0.25, 0.3) is 55.8 Å². The van der Waals surface area contributed by atoms with Gasteiger partial charge in [-0.2, -0.15) is 5.10 Å². The normalized spacial score (nSPS) is 11.5. The smallest absolute Gasteiger partial charge is 0.159 e. The van der Waals surface area contributed by atoms with Crippen molar-refractivity contribution in [2.24, 2.45) is 0 Å². The maximum Gasteiger partial charge on any atom is 0.159 e. The Labute approximate surface area is 200 Å². The van der Waals surface area contributed by atoms with Gasteiger partial charge < -0.3 is 10.3 Å². The summed E-state index contributed by atoms with van der Waals surface area (Å²) in [6, 6.07) is 16.7. The Morgan fingerprint density at radius 2 is 1.74 bits per heavy atom. The summed E-state index contributed by atoms with van der Waals surface area (Å²) in [5.74, 6) is 0.365. The second-order valence-corrected chi connectivity index (χ2v) is 8.75. The van der Waals surface area contributed by atoms with Crippen LogP contribution in [0.3, 0.4) is 0 Å². The summed E-state index contributed by atoms with van der Waals surface area (Å²) >= 11 is 0. The molecule has 4 heterocycles. The van der Waals surface area contributed by atoms with Gasteiger partial charge in [0.2, 0.25) is 0 Å². The summed E-state index contributed by atoms with van der Waals surface area (Å²) in [4.78, 5) is 17.2. The van der Waals surface area contributed by atoms with Gasteiger partial charge in [-0.25, -0.2) is 14.4 Å². The molecule has 0 aliphatic heterocycles. The predicted octanol–water partition coefficient (Wildman–Crippen LogP) is 6.19. The van der Waals surface area contributed by atoms with Gasteiger partial charge in [-0.15, -0.1) is 0 Å². The maximum absolute atomic E-state index is 13.4. The molecule has 0 saturated heterocycles. The zero-order chi connectivity index (χ0) is 23.9. The molecule has 0 amide bonds. The monoisotopic (exact) mass is 463 g/mol. The third kappa shape index (κ3) is 3.89. The SMILES string of the molecule is CC(C)Nc1cncc(-c2cnc3[nH]nc(-c4nc5c(-c6ccc(F)cc6)cccc5[nH]4)c3c2)c1. The Morgan fingerprint density at radius 3 is 2.57 bits per heavy atom. The molecule has 0 radical (unpaired) electrons. The average Bonchev–Trinajstić information content (AvgIpc) is 3.48. The number of fused-ring (bicyclic) bond motifs is 2. The van der Waals surface area contributed by atoms with Crippen LogP contribution in [0.2, 0.25) is 0 Å². The van der Waals surface area contributed by atoms with E-state index in [2.05, 4.69) is 50.4 Å². The second kappa shape index (κ2) is 8.32. The lowest BCUT2D eigenvalue weighted by Gasteiger charge is -2.10. The van der Waals surface area contributed by atoms with Gasteiger partial charge in [0, 0.05) is 41.3 Å². The number of rotatable bonds is 5. The zero-order valence-electron chi connectivity index (χ0n) is 19.2. The van der Waals surface area contributed by atoms with Crippen molar-refractivity contribution in [2.45, 2.75) is 19.9 Å². The van der Waals surface area contributed by atoms with Crippen LogP contribution in [0.15, 0.2) is 73.2 Å². The first-order chi connectivity index (χ1) is 17.0. The summed E-state index contributed by atoms with van der Waals surface area (Å²) < 4.78 is 13.4. The molecule has 0 spiro atoms. The lowest BCUT2D eigenvalue weighted by Crippen LogP contribution is -2.09. The minimum Gasteiger partial charge on any atom is -0.382 e. The third-order valence-electron chi connectivity index (χ3n) is 5.84. The van der Waals surface area contributed by atoms with Crippen LogP contribution in [-0.4, -0.2) is 36.2 Å². The number of nitrogens with one attached hydrogen (secondary N) is 3. The number of pyridine rings is 2. The molecule has 0 fully saturated rings. The van der Waals surface area contributed by atoms with Crippen LogP contribution in [0.5, 0.6) is 0 Å². The molecule has 3 N–H and O–H groups in total. The average molecular weight is 464 g/mol. The highest BCUT2D eigenvalue weighted by molar-refractivity contribution is 5.97. The minimum atomic E-state index is -0.268. The Kier molecular flexibility index (Phi) is 4.99. The van der Waals surface area contributed by atoms with Crippen LogP contribution in [0.1, 0.15) is 13.8 Å². The van der Waals surface area contributed by atoms with E-state index in [1.54, 1.807) is 12.1 Å². The highest BCUT2D eigenvalue weighted by Crippen LogP contribution is 2.32. The molecule has 4 aromatic heterocycles. The van der Waals surface area contributed by atoms with E-state index in [1.807, 2.05) is 42.9 Å². The van der Waals surface area contributed by atoms with Crippen LogP contribution in [0.4, 0.5) is 10.1 Å². The van der Waals surface area contributed by atoms with Crippen LogP contribution >= 0.6 is 0 Å². The van der Waals surface area contributed by atoms with Crippen molar-refractivity contribution in [3.05, 3.63) is 79.0 Å². The van der Waals surface area contributed by atoms with Gasteiger partial charge in [-0.05, 0) is 49.7 Å². The molecule has 0 unspecified atom stereocenters. The van der Waals surface area contributed by atoms with Gasteiger partial charge in [-0.1, -0.05) is 24.3 Å². The Hall–Kier alpha value is -4.59. The molecule has 0 bridgehead atoms. The van der Waals surface area contributed by atoms with E-state index in [9.17, 15) is 4.39 Å². The fraction of sp³-hybridized carbons (Fsp3) is 0.111. The number of imidazole rings is 1. The van der Waals surface area contributed by atoms with E-state index < -0.39 is 0 Å². The van der Waals surface area contributed by atoms with E-state index in [0.29, 0.717) is 23.2 Å². The maximum atomic E-state index is 13.4. The topological polar surface area (TPSA) is 95.2 Å². The number of anilines is 1. The van der Waals surface area contributed by atoms with Crippen molar-refractivity contribution in [1.82, 2.24) is 30.1 Å². The van der Waals surface area contributed by atoms with E-state index in [1.165, 1.54) is 12.1 Å². The zero-order valence-corrected chi connectivity index (χ0v) is 19.2. The summed E-state index contributed by atoms with van der Waals surface area (Å²) in [6.45, 7) is 4.18. The lowest BCUT2D eigenvalue weighted by molar-refractivity contribution is 0.628. The number of hydrogen-bond acceptors (Lipinski definition) is 5. The van der Waals surface area contributed by atoms with Crippen LogP contribution < -0.4 is 5.32 Å². The standard InChI is InChI=1S/C27H22FN7/c1-15(2)31-20-10-17(12-29-14-20)18-11-22-25(34-35-26(22)30-13-18)27-32-23-5-3-4-21(24(23)33-27)16-6-8-19(28)9-7-16/h3-15,31H,1-2H3,(H,32,33)(H,30,34,35). The first-order valence-corrected chi connectivity index (χ1v) is 11.4. The molecule has 172 valence electrons. The summed E-state index contributed by atoms with van der Waals surface area (Å²) in [5, 5.41) is 11.8. The minimum absolute atomic E-state index is 0.268. The molecule has 0 saturated carbocycles. The van der Waals surface area contributed by atoms with E-state index in [-0.39, 0.29) is 5.82 Å². The summed E-state index contributed by atoms with van der Waals surface area (Å²) in [6.07, 6.45) is 5.45. The van der Waals surface area contributed by atoms with E-state index >= 15 is 0 Å². The Bertz CT molecular complexity index is 1670. The number of aromatic nitrogens is 6. The van der Waals surface area contributed by atoms with Crippen molar-refractivity contribution >= 4 is 27.8 Å². The van der Waals surface area contributed by atoms with Gasteiger partial charge >= 0.3 is 0 Å². The van der Waals surface area contributed by atoms with E-state index in [4.69, 9.17) is 4.98 Å². The van der Waals surface area contributed by atoms with Crippen LogP contribution in [0, 0.1) is 5.82 Å². The van der Waals surface area contributed by atoms with Crippen molar-refractivity contribution < 1.29 is 4.39 Å². The van der Waals surface area contributed by atoms with Crippen molar-refractivity contribution in [2.75, 3.05) is 5.32 Å². The largest absolute Gasteiger partial charge is 0.382 e. The van der Waals surface area contributed by atoms with Crippen molar-refractivity contribution in [1.29, 1.82) is 0 Å². The molecule has 6 rings (SSSR count). The van der Waals surface area contributed by atoms with Crippen LogP contribution in [-0.2, 0) is 0 Å². The predicted molar refractivity (Wildman–Crippen MR) is 136 cm³/mol. The number of H-pyrrole nitrogens is 2. The summed E-state index contributed by atoms with van der Waals surface area (Å²) in [5.41, 5.74) is 7.69. The van der Waals surface area contributed by atoms with Gasteiger partial charge in [0.1, 0.15) is 11.5 Å². The van der Waals surface area contributed by atoms with Gasteiger partial charge in [-0.3, -0.25) is 10.1 Å². The molecule has 2 aromatic carbocycles. The van der Waals surface area contributed by atoms with Gasteiger partial charge in [0.15, 0.2) is 11.5 Å². The molecule has 0 atom stereocenters. The molecule has 6 aromatic rings. The fourth-order valence-electron chi connectivity index (χ4n) is 4.26. The third-order valence-corrected chi connectivity index (χ3v) is 5.84. The van der Waals surface area contributed by atoms with E-state index in [0.717, 1.165) is 44.4 Å². The first kappa shape index (κ1) is 21.0.